The topological polar surface area (TPSA) is 62.4 Å². The predicted molar refractivity (Wildman–Crippen MR) is 88.7 cm³/mol. The lowest BCUT2D eigenvalue weighted by Gasteiger charge is -2.16. The number of amides is 1. The zero-order chi connectivity index (χ0) is 16.8. The van der Waals surface area contributed by atoms with Crippen molar-refractivity contribution in [2.24, 2.45) is 0 Å². The van der Waals surface area contributed by atoms with E-state index >= 15 is 0 Å². The molecule has 2 aromatic rings. The molecule has 1 aromatic heterocycles. The van der Waals surface area contributed by atoms with Gasteiger partial charge in [0.1, 0.15) is 18.1 Å². The number of hydrogen-bond acceptors (Lipinski definition) is 3. The molecule has 1 N–H and O–H groups in total. The Morgan fingerprint density at radius 2 is 2.00 bits per heavy atom. The second-order valence-corrected chi connectivity index (χ2v) is 5.26. The first-order chi connectivity index (χ1) is 11.0. The minimum atomic E-state index is -0.163. The summed E-state index contributed by atoms with van der Waals surface area (Å²) in [4.78, 5) is 28.1. The maximum atomic E-state index is 12.3. The normalized spacial score (nSPS) is 10.2. The van der Waals surface area contributed by atoms with E-state index in [0.717, 1.165) is 11.3 Å². The van der Waals surface area contributed by atoms with Gasteiger partial charge in [-0.1, -0.05) is 24.8 Å². The summed E-state index contributed by atoms with van der Waals surface area (Å²) in [5, 5.41) is 0. The number of Topliss-reactive ketones (excluding diaryl/α,β-unsaturated/α-hetero) is 1. The van der Waals surface area contributed by atoms with Crippen molar-refractivity contribution in [3.63, 3.8) is 0 Å². The fourth-order valence-corrected chi connectivity index (χ4v) is 2.12. The van der Waals surface area contributed by atoms with Crippen molar-refractivity contribution in [2.75, 3.05) is 13.7 Å². The maximum absolute atomic E-state index is 12.3. The summed E-state index contributed by atoms with van der Waals surface area (Å²) in [6.07, 6.45) is 3.24. The average Bonchev–Trinajstić information content (AvgIpc) is 3.03. The van der Waals surface area contributed by atoms with Crippen LogP contribution in [-0.4, -0.2) is 35.2 Å². The van der Waals surface area contributed by atoms with Gasteiger partial charge >= 0.3 is 0 Å². The highest BCUT2D eigenvalue weighted by Crippen LogP contribution is 2.14. The van der Waals surface area contributed by atoms with E-state index in [2.05, 4.69) is 11.6 Å². The molecule has 5 nitrogen and oxygen atoms in total. The highest BCUT2D eigenvalue weighted by atomic mass is 16.5. The summed E-state index contributed by atoms with van der Waals surface area (Å²) in [6.45, 7) is 6.00. The van der Waals surface area contributed by atoms with Crippen molar-refractivity contribution >= 4 is 11.7 Å². The summed E-state index contributed by atoms with van der Waals surface area (Å²) in [7, 11) is 1.72. The van der Waals surface area contributed by atoms with Crippen molar-refractivity contribution < 1.29 is 14.3 Å². The van der Waals surface area contributed by atoms with E-state index in [9.17, 15) is 9.59 Å². The number of benzene rings is 1. The van der Waals surface area contributed by atoms with E-state index in [1.165, 1.54) is 6.92 Å². The summed E-state index contributed by atoms with van der Waals surface area (Å²) in [6, 6.07) is 9.13. The third-order valence-corrected chi connectivity index (χ3v) is 3.38. The number of aromatic amines is 1. The van der Waals surface area contributed by atoms with Crippen LogP contribution < -0.4 is 4.74 Å². The van der Waals surface area contributed by atoms with E-state index in [1.807, 2.05) is 24.3 Å². The molecule has 2 rings (SSSR count). The van der Waals surface area contributed by atoms with Gasteiger partial charge in [0.25, 0.3) is 5.91 Å². The predicted octanol–water partition coefficient (Wildman–Crippen LogP) is 3.05. The molecular weight excluding hydrogens is 292 g/mol. The lowest BCUT2D eigenvalue weighted by molar-refractivity contribution is 0.0780. The van der Waals surface area contributed by atoms with Crippen molar-refractivity contribution in [1.29, 1.82) is 0 Å². The van der Waals surface area contributed by atoms with Crippen LogP contribution >= 0.6 is 0 Å². The lowest BCUT2D eigenvalue weighted by atomic mass is 10.2. The molecule has 0 aliphatic rings. The molecule has 0 spiro atoms. The number of nitrogens with zero attached hydrogens (tertiary/aromatic N) is 1. The highest BCUT2D eigenvalue weighted by Gasteiger charge is 2.15. The summed E-state index contributed by atoms with van der Waals surface area (Å²) in [5.74, 6) is 0.528. The van der Waals surface area contributed by atoms with Gasteiger partial charge in [-0.05, 0) is 30.7 Å². The van der Waals surface area contributed by atoms with E-state index < -0.39 is 0 Å². The summed E-state index contributed by atoms with van der Waals surface area (Å²) < 4.78 is 5.42. The summed E-state index contributed by atoms with van der Waals surface area (Å²) in [5.41, 5.74) is 1.90. The Kier molecular flexibility index (Phi) is 5.36. The van der Waals surface area contributed by atoms with E-state index in [0.29, 0.717) is 24.4 Å². The zero-order valence-corrected chi connectivity index (χ0v) is 13.3. The number of carbonyl (C=O) groups is 2. The molecule has 0 aliphatic heterocycles. The Morgan fingerprint density at radius 3 is 2.57 bits per heavy atom. The first-order valence-electron chi connectivity index (χ1n) is 7.28. The molecule has 0 radical (unpaired) electrons. The Balaban J connectivity index is 1.99. The van der Waals surface area contributed by atoms with Crippen LogP contribution in [0.1, 0.15) is 33.3 Å². The highest BCUT2D eigenvalue weighted by molar-refractivity contribution is 5.98. The minimum Gasteiger partial charge on any atom is -0.490 e. The molecule has 0 saturated heterocycles. The number of ketones is 1. The van der Waals surface area contributed by atoms with Gasteiger partial charge in [0, 0.05) is 25.4 Å². The van der Waals surface area contributed by atoms with Crippen LogP contribution in [0.5, 0.6) is 5.75 Å². The number of rotatable bonds is 7. The molecule has 0 atom stereocenters. The molecule has 23 heavy (non-hydrogen) atoms. The van der Waals surface area contributed by atoms with E-state index in [4.69, 9.17) is 4.74 Å². The quantitative estimate of drug-likeness (QED) is 0.631. The lowest BCUT2D eigenvalue weighted by Crippen LogP contribution is -2.26. The fourth-order valence-electron chi connectivity index (χ4n) is 2.12. The number of hydrogen-bond donors (Lipinski definition) is 1. The number of carbonyl (C=O) groups excluding carboxylic acids is 2. The van der Waals surface area contributed by atoms with Gasteiger partial charge in [-0.15, -0.1) is 0 Å². The number of H-pyrrole nitrogens is 1. The molecule has 0 unspecified atom stereocenters. The SMILES string of the molecule is C=CCOc1ccc(CN(C)C(=O)c2cc(C(C)=O)c[nH]2)cc1. The first kappa shape index (κ1) is 16.5. The van der Waals surface area contributed by atoms with Crippen molar-refractivity contribution in [3.8, 4) is 5.75 Å². The largest absolute Gasteiger partial charge is 0.490 e. The number of aromatic nitrogens is 1. The van der Waals surface area contributed by atoms with Crippen molar-refractivity contribution in [3.05, 3.63) is 66.0 Å². The third-order valence-electron chi connectivity index (χ3n) is 3.38. The smallest absolute Gasteiger partial charge is 0.270 e. The van der Waals surface area contributed by atoms with Gasteiger partial charge in [0.15, 0.2) is 5.78 Å². The number of nitrogens with one attached hydrogen (secondary N) is 1. The monoisotopic (exact) mass is 312 g/mol. The molecule has 0 fully saturated rings. The standard InChI is InChI=1S/C18H20N2O3/c1-4-9-23-16-7-5-14(6-8-16)12-20(3)18(22)17-10-15(11-19-17)13(2)21/h4-8,10-11,19H,1,9,12H2,2-3H3. The van der Waals surface area contributed by atoms with Crippen LogP contribution in [0.3, 0.4) is 0 Å². The molecule has 0 bridgehead atoms. The Bertz CT molecular complexity index is 701. The number of ether oxygens (including phenoxy) is 1. The molecular formula is C18H20N2O3. The van der Waals surface area contributed by atoms with Gasteiger partial charge in [-0.3, -0.25) is 9.59 Å². The van der Waals surface area contributed by atoms with Gasteiger partial charge in [0.05, 0.1) is 0 Å². The molecule has 1 heterocycles. The van der Waals surface area contributed by atoms with Crippen LogP contribution in [0.25, 0.3) is 0 Å². The molecule has 1 amide bonds. The third kappa shape index (κ3) is 4.32. The van der Waals surface area contributed by atoms with Crippen LogP contribution in [0.15, 0.2) is 49.2 Å². The van der Waals surface area contributed by atoms with E-state index in [-0.39, 0.29) is 11.7 Å². The molecule has 1 aromatic carbocycles. The summed E-state index contributed by atoms with van der Waals surface area (Å²) >= 11 is 0. The van der Waals surface area contributed by atoms with E-state index in [1.54, 1.807) is 30.3 Å². The molecule has 120 valence electrons. The average molecular weight is 312 g/mol. The minimum absolute atomic E-state index is 0.0712. The Hall–Kier alpha value is -2.82. The maximum Gasteiger partial charge on any atom is 0.270 e. The fraction of sp³-hybridized carbons (Fsp3) is 0.222. The molecule has 0 saturated carbocycles. The Labute approximate surface area is 135 Å². The Morgan fingerprint density at radius 1 is 1.30 bits per heavy atom. The van der Waals surface area contributed by atoms with Gasteiger partial charge in [-0.2, -0.15) is 0 Å². The van der Waals surface area contributed by atoms with Crippen LogP contribution in [0.2, 0.25) is 0 Å². The second-order valence-electron chi connectivity index (χ2n) is 5.26. The zero-order valence-electron chi connectivity index (χ0n) is 13.3. The first-order valence-corrected chi connectivity index (χ1v) is 7.28. The van der Waals surface area contributed by atoms with Crippen LogP contribution in [0.4, 0.5) is 0 Å². The van der Waals surface area contributed by atoms with Gasteiger partial charge < -0.3 is 14.6 Å². The van der Waals surface area contributed by atoms with Crippen molar-refractivity contribution in [2.45, 2.75) is 13.5 Å². The van der Waals surface area contributed by atoms with Crippen LogP contribution in [-0.2, 0) is 6.54 Å². The van der Waals surface area contributed by atoms with Crippen LogP contribution in [0, 0.1) is 0 Å². The van der Waals surface area contributed by atoms with Gasteiger partial charge in [0.2, 0.25) is 0 Å². The van der Waals surface area contributed by atoms with Gasteiger partial charge in [-0.25, -0.2) is 0 Å². The van der Waals surface area contributed by atoms with Crippen molar-refractivity contribution in [1.82, 2.24) is 9.88 Å². The molecule has 0 aliphatic carbocycles. The second kappa shape index (κ2) is 7.45. The molecule has 5 heteroatoms.